The van der Waals surface area contributed by atoms with Gasteiger partial charge in [-0.05, 0) is 12.1 Å². The van der Waals surface area contributed by atoms with Gasteiger partial charge in [0.2, 0.25) is 0 Å². The van der Waals surface area contributed by atoms with Crippen LogP contribution in [0.3, 0.4) is 0 Å². The van der Waals surface area contributed by atoms with Crippen LogP contribution in [0.15, 0.2) is 48.5 Å². The number of aryl methyl sites for hydroxylation is 1. The fourth-order valence-corrected chi connectivity index (χ4v) is 3.11. The highest BCUT2D eigenvalue weighted by Gasteiger charge is 2.21. The van der Waals surface area contributed by atoms with Gasteiger partial charge in [-0.3, -0.25) is 0 Å². The Morgan fingerprint density at radius 3 is 2.50 bits per heavy atom. The number of rotatable bonds is 1. The van der Waals surface area contributed by atoms with Gasteiger partial charge in [-0.1, -0.05) is 36.4 Å². The summed E-state index contributed by atoms with van der Waals surface area (Å²) in [6.07, 6.45) is 0. The number of aromatic nitrogens is 2. The van der Waals surface area contributed by atoms with Crippen LogP contribution in [0.1, 0.15) is 10.4 Å². The van der Waals surface area contributed by atoms with E-state index >= 15 is 0 Å². The van der Waals surface area contributed by atoms with E-state index in [1.54, 1.807) is 0 Å². The highest BCUT2D eigenvalue weighted by Crippen LogP contribution is 2.33. The number of benzene rings is 2. The van der Waals surface area contributed by atoms with E-state index in [0.29, 0.717) is 5.56 Å². The summed E-state index contributed by atoms with van der Waals surface area (Å²) in [7, 11) is 3.36. The minimum absolute atomic E-state index is 0.338. The summed E-state index contributed by atoms with van der Waals surface area (Å²) in [6, 6.07) is 15.7. The molecule has 0 amide bonds. The Morgan fingerprint density at radius 2 is 1.73 bits per heavy atom. The Hall–Kier alpha value is -2.88. The van der Waals surface area contributed by atoms with Gasteiger partial charge in [-0.25, -0.2) is 9.78 Å². The van der Waals surface area contributed by atoms with Gasteiger partial charge < -0.3 is 9.30 Å². The molecule has 2 heterocycles. The maximum absolute atomic E-state index is 12.4. The number of para-hydroxylation sites is 2. The predicted octanol–water partition coefficient (Wildman–Crippen LogP) is 3.67. The van der Waals surface area contributed by atoms with Gasteiger partial charge in [0.1, 0.15) is 0 Å². The van der Waals surface area contributed by atoms with E-state index in [1.807, 2.05) is 60.1 Å². The average Bonchev–Trinajstić information content (AvgIpc) is 2.85. The van der Waals surface area contributed by atoms with Crippen molar-refractivity contribution in [3.05, 3.63) is 54.1 Å². The largest absolute Gasteiger partial charge is 0.465 e. The zero-order valence-corrected chi connectivity index (χ0v) is 12.3. The van der Waals surface area contributed by atoms with E-state index in [2.05, 4.69) is 0 Å². The van der Waals surface area contributed by atoms with Gasteiger partial charge >= 0.3 is 5.97 Å². The number of carbonyl (C=O) groups excluding carboxylic acids is 1. The molecule has 0 saturated heterocycles. The molecule has 0 fully saturated rings. The van der Waals surface area contributed by atoms with Crippen LogP contribution in [0, 0.1) is 0 Å². The number of hydrogen-bond acceptors (Lipinski definition) is 3. The van der Waals surface area contributed by atoms with Gasteiger partial charge in [0.25, 0.3) is 0 Å². The molecule has 0 unspecified atom stereocenters. The normalized spacial score (nSPS) is 11.4. The van der Waals surface area contributed by atoms with E-state index in [0.717, 1.165) is 32.8 Å². The van der Waals surface area contributed by atoms with E-state index in [9.17, 15) is 4.79 Å². The van der Waals surface area contributed by atoms with Crippen molar-refractivity contribution in [1.29, 1.82) is 0 Å². The number of ether oxygens (including phenoxy) is 1. The molecule has 108 valence electrons. The fourth-order valence-electron chi connectivity index (χ4n) is 3.11. The molecule has 4 aromatic rings. The maximum Gasteiger partial charge on any atom is 0.340 e. The number of hydrogen-bond donors (Lipinski definition) is 0. The number of esters is 1. The van der Waals surface area contributed by atoms with Crippen LogP contribution in [-0.4, -0.2) is 22.6 Å². The molecule has 0 aliphatic rings. The SMILES string of the molecule is COC(=O)c1c2ccccc2nc2c3ccccc3n(C)c12. The maximum atomic E-state index is 12.4. The molecule has 22 heavy (non-hydrogen) atoms. The molecular formula is C18H14N2O2. The van der Waals surface area contributed by atoms with Crippen LogP contribution in [0.4, 0.5) is 0 Å². The third kappa shape index (κ3) is 1.58. The van der Waals surface area contributed by atoms with E-state index in [4.69, 9.17) is 9.72 Å². The second-order valence-electron chi connectivity index (χ2n) is 5.27. The topological polar surface area (TPSA) is 44.1 Å². The van der Waals surface area contributed by atoms with E-state index in [1.165, 1.54) is 7.11 Å². The zero-order chi connectivity index (χ0) is 15.3. The summed E-state index contributed by atoms with van der Waals surface area (Å²) in [5, 5.41) is 1.85. The summed E-state index contributed by atoms with van der Waals surface area (Å²) in [4.78, 5) is 17.2. The molecule has 0 radical (unpaired) electrons. The number of pyridine rings is 1. The minimum atomic E-state index is -0.338. The monoisotopic (exact) mass is 290 g/mol. The molecule has 4 rings (SSSR count). The van der Waals surface area contributed by atoms with Crippen molar-refractivity contribution in [3.8, 4) is 0 Å². The molecule has 0 aliphatic heterocycles. The Kier molecular flexibility index (Phi) is 2.66. The first-order chi connectivity index (χ1) is 10.7. The molecule has 0 atom stereocenters. The fraction of sp³-hybridized carbons (Fsp3) is 0.111. The number of nitrogens with zero attached hydrogens (tertiary/aromatic N) is 2. The van der Waals surface area contributed by atoms with Gasteiger partial charge in [0, 0.05) is 17.8 Å². The van der Waals surface area contributed by atoms with Crippen LogP contribution >= 0.6 is 0 Å². The highest BCUT2D eigenvalue weighted by molar-refractivity contribution is 6.19. The van der Waals surface area contributed by atoms with Gasteiger partial charge in [-0.2, -0.15) is 0 Å². The van der Waals surface area contributed by atoms with E-state index in [-0.39, 0.29) is 5.97 Å². The van der Waals surface area contributed by atoms with Gasteiger partial charge in [0.05, 0.1) is 34.7 Å². The van der Waals surface area contributed by atoms with Crippen molar-refractivity contribution >= 4 is 38.8 Å². The minimum Gasteiger partial charge on any atom is -0.465 e. The lowest BCUT2D eigenvalue weighted by Crippen LogP contribution is -2.06. The first kappa shape index (κ1) is 12.8. The molecule has 0 N–H and O–H groups in total. The van der Waals surface area contributed by atoms with Crippen molar-refractivity contribution in [3.63, 3.8) is 0 Å². The molecule has 0 aliphatic carbocycles. The molecular weight excluding hydrogens is 276 g/mol. The molecule has 2 aromatic carbocycles. The third-order valence-corrected chi connectivity index (χ3v) is 4.11. The van der Waals surface area contributed by atoms with Crippen molar-refractivity contribution in [2.24, 2.45) is 7.05 Å². The standard InChI is InChI=1S/C18H14N2O2/c1-20-14-10-6-4-8-12(14)16-17(20)15(18(21)22-2)11-7-3-5-9-13(11)19-16/h3-10H,1-2H3. The highest BCUT2D eigenvalue weighted by atomic mass is 16.5. The van der Waals surface area contributed by atoms with Crippen LogP contribution in [0.2, 0.25) is 0 Å². The third-order valence-electron chi connectivity index (χ3n) is 4.11. The van der Waals surface area contributed by atoms with Crippen LogP contribution < -0.4 is 0 Å². The van der Waals surface area contributed by atoms with E-state index < -0.39 is 0 Å². The quantitative estimate of drug-likeness (QED) is 0.502. The average molecular weight is 290 g/mol. The van der Waals surface area contributed by atoms with Gasteiger partial charge in [-0.15, -0.1) is 0 Å². The van der Waals surface area contributed by atoms with Crippen LogP contribution in [-0.2, 0) is 11.8 Å². The van der Waals surface area contributed by atoms with Crippen LogP contribution in [0.5, 0.6) is 0 Å². The summed E-state index contributed by atoms with van der Waals surface area (Å²) in [5.41, 5.74) is 4.06. The lowest BCUT2D eigenvalue weighted by molar-refractivity contribution is 0.0604. The first-order valence-corrected chi connectivity index (χ1v) is 7.06. The molecule has 4 heteroatoms. The number of carbonyl (C=O) groups is 1. The van der Waals surface area contributed by atoms with Crippen molar-refractivity contribution in [2.45, 2.75) is 0 Å². The Labute approximate surface area is 126 Å². The Bertz CT molecular complexity index is 1050. The molecule has 2 aromatic heterocycles. The Balaban J connectivity index is 2.34. The molecule has 0 saturated carbocycles. The van der Waals surface area contributed by atoms with Crippen molar-refractivity contribution < 1.29 is 9.53 Å². The molecule has 0 bridgehead atoms. The lowest BCUT2D eigenvalue weighted by atomic mass is 10.1. The summed E-state index contributed by atoms with van der Waals surface area (Å²) < 4.78 is 7.03. The molecule has 0 spiro atoms. The van der Waals surface area contributed by atoms with Crippen molar-refractivity contribution in [2.75, 3.05) is 7.11 Å². The van der Waals surface area contributed by atoms with Crippen molar-refractivity contribution in [1.82, 2.24) is 9.55 Å². The lowest BCUT2D eigenvalue weighted by Gasteiger charge is -2.08. The van der Waals surface area contributed by atoms with Gasteiger partial charge in [0.15, 0.2) is 0 Å². The number of fused-ring (bicyclic) bond motifs is 4. The number of methoxy groups -OCH3 is 1. The second-order valence-corrected chi connectivity index (χ2v) is 5.27. The second kappa shape index (κ2) is 4.56. The first-order valence-electron chi connectivity index (χ1n) is 7.06. The predicted molar refractivity (Wildman–Crippen MR) is 87.1 cm³/mol. The van der Waals surface area contributed by atoms with Crippen LogP contribution in [0.25, 0.3) is 32.8 Å². The zero-order valence-electron chi connectivity index (χ0n) is 12.3. The molecule has 4 nitrogen and oxygen atoms in total. The summed E-state index contributed by atoms with van der Waals surface area (Å²) in [5.74, 6) is -0.338. The Morgan fingerprint density at radius 1 is 1.05 bits per heavy atom. The summed E-state index contributed by atoms with van der Waals surface area (Å²) >= 11 is 0. The smallest absolute Gasteiger partial charge is 0.340 e. The summed E-state index contributed by atoms with van der Waals surface area (Å²) in [6.45, 7) is 0.